The number of aryl methyl sites for hydroxylation is 2. The Balaban J connectivity index is 2.04. The molecule has 0 aliphatic carbocycles. The van der Waals surface area contributed by atoms with E-state index in [-0.39, 0.29) is 0 Å². The van der Waals surface area contributed by atoms with Crippen molar-refractivity contribution in [3.05, 3.63) is 64.2 Å². The van der Waals surface area contributed by atoms with Crippen molar-refractivity contribution >= 4 is 11.6 Å². The van der Waals surface area contributed by atoms with Crippen LogP contribution < -0.4 is 4.74 Å². The predicted molar refractivity (Wildman–Crippen MR) is 71.7 cm³/mol. The average molecular weight is 247 g/mol. The number of hydrogen-bond donors (Lipinski definition) is 0. The maximum Gasteiger partial charge on any atom is 0.122 e. The Morgan fingerprint density at radius 2 is 1.71 bits per heavy atom. The molecule has 0 aliphatic heterocycles. The monoisotopic (exact) mass is 246 g/mol. The Morgan fingerprint density at radius 3 is 2.35 bits per heavy atom. The first-order chi connectivity index (χ1) is 8.15. The van der Waals surface area contributed by atoms with E-state index in [0.717, 1.165) is 16.3 Å². The van der Waals surface area contributed by atoms with E-state index < -0.39 is 0 Å². The van der Waals surface area contributed by atoms with Crippen molar-refractivity contribution in [1.82, 2.24) is 0 Å². The molecular formula is C15H15ClO. The summed E-state index contributed by atoms with van der Waals surface area (Å²) in [6, 6.07) is 14.0. The second-order valence-electron chi connectivity index (χ2n) is 4.18. The lowest BCUT2D eigenvalue weighted by atomic mass is 10.2. The highest BCUT2D eigenvalue weighted by atomic mass is 35.5. The van der Waals surface area contributed by atoms with Gasteiger partial charge in [-0.15, -0.1) is 0 Å². The van der Waals surface area contributed by atoms with Gasteiger partial charge in [0.1, 0.15) is 12.4 Å². The van der Waals surface area contributed by atoms with Crippen LogP contribution >= 0.6 is 11.6 Å². The summed E-state index contributed by atoms with van der Waals surface area (Å²) >= 11 is 5.90. The summed E-state index contributed by atoms with van der Waals surface area (Å²) in [7, 11) is 0. The highest BCUT2D eigenvalue weighted by Crippen LogP contribution is 2.22. The van der Waals surface area contributed by atoms with Gasteiger partial charge in [-0.3, -0.25) is 0 Å². The first kappa shape index (κ1) is 12.0. The largest absolute Gasteiger partial charge is 0.489 e. The molecule has 0 saturated heterocycles. The van der Waals surface area contributed by atoms with Crippen LogP contribution in [0.3, 0.4) is 0 Å². The second kappa shape index (κ2) is 5.24. The van der Waals surface area contributed by atoms with E-state index >= 15 is 0 Å². The molecule has 0 amide bonds. The summed E-state index contributed by atoms with van der Waals surface area (Å²) in [5.41, 5.74) is 3.49. The molecule has 0 saturated carbocycles. The van der Waals surface area contributed by atoms with Gasteiger partial charge in [-0.25, -0.2) is 0 Å². The highest BCUT2D eigenvalue weighted by molar-refractivity contribution is 6.30. The molecule has 0 radical (unpaired) electrons. The molecule has 0 heterocycles. The van der Waals surface area contributed by atoms with Crippen LogP contribution in [0.4, 0.5) is 0 Å². The fourth-order valence-electron chi connectivity index (χ4n) is 1.62. The molecule has 0 bridgehead atoms. The smallest absolute Gasteiger partial charge is 0.122 e. The van der Waals surface area contributed by atoms with E-state index in [9.17, 15) is 0 Å². The van der Waals surface area contributed by atoms with Gasteiger partial charge in [-0.2, -0.15) is 0 Å². The van der Waals surface area contributed by atoms with Crippen LogP contribution in [-0.2, 0) is 6.61 Å². The zero-order valence-electron chi connectivity index (χ0n) is 10.0. The maximum absolute atomic E-state index is 5.90. The molecule has 1 nitrogen and oxygen atoms in total. The minimum Gasteiger partial charge on any atom is -0.489 e. The van der Waals surface area contributed by atoms with Crippen LogP contribution in [0.2, 0.25) is 5.02 Å². The van der Waals surface area contributed by atoms with E-state index in [1.54, 1.807) is 0 Å². The zero-order chi connectivity index (χ0) is 12.3. The first-order valence-corrected chi connectivity index (χ1v) is 5.97. The quantitative estimate of drug-likeness (QED) is 0.773. The van der Waals surface area contributed by atoms with E-state index in [1.807, 2.05) is 25.1 Å². The highest BCUT2D eigenvalue weighted by Gasteiger charge is 2.00. The molecule has 0 fully saturated rings. The Bertz CT molecular complexity index is 503. The van der Waals surface area contributed by atoms with Gasteiger partial charge in [0.25, 0.3) is 0 Å². The van der Waals surface area contributed by atoms with Crippen molar-refractivity contribution in [2.75, 3.05) is 0 Å². The minimum absolute atomic E-state index is 0.586. The third kappa shape index (κ3) is 3.24. The van der Waals surface area contributed by atoms with Gasteiger partial charge >= 0.3 is 0 Å². The molecule has 0 aliphatic rings. The van der Waals surface area contributed by atoms with E-state index in [4.69, 9.17) is 16.3 Å². The van der Waals surface area contributed by atoms with Crippen molar-refractivity contribution in [3.8, 4) is 5.75 Å². The lowest BCUT2D eigenvalue weighted by Gasteiger charge is -2.09. The number of hydrogen-bond acceptors (Lipinski definition) is 1. The predicted octanol–water partition coefficient (Wildman–Crippen LogP) is 4.54. The van der Waals surface area contributed by atoms with Crippen LogP contribution in [0.5, 0.6) is 5.75 Å². The van der Waals surface area contributed by atoms with Gasteiger partial charge in [0, 0.05) is 5.02 Å². The number of halogens is 1. The molecule has 2 rings (SSSR count). The normalized spacial score (nSPS) is 10.3. The Hall–Kier alpha value is -1.47. The van der Waals surface area contributed by atoms with Crippen LogP contribution in [0, 0.1) is 13.8 Å². The molecule has 0 N–H and O–H groups in total. The lowest BCUT2D eigenvalue weighted by molar-refractivity contribution is 0.304. The Kier molecular flexibility index (Phi) is 3.70. The molecule has 2 aromatic carbocycles. The van der Waals surface area contributed by atoms with E-state index in [2.05, 4.69) is 31.2 Å². The third-order valence-corrected chi connectivity index (χ3v) is 2.89. The summed E-state index contributed by atoms with van der Waals surface area (Å²) in [5.74, 6) is 0.884. The molecule has 0 aromatic heterocycles. The zero-order valence-corrected chi connectivity index (χ0v) is 10.8. The molecule has 0 atom stereocenters. The average Bonchev–Trinajstić information content (AvgIpc) is 2.30. The van der Waals surface area contributed by atoms with Gasteiger partial charge in [-0.05, 0) is 43.2 Å². The van der Waals surface area contributed by atoms with Crippen molar-refractivity contribution in [2.24, 2.45) is 0 Å². The fraction of sp³-hybridized carbons (Fsp3) is 0.200. The standard InChI is InChI=1S/C15H15ClO/c1-11-3-5-13(6-4-11)10-17-15-8-7-14(16)9-12(15)2/h3-9H,10H2,1-2H3. The van der Waals surface area contributed by atoms with Crippen LogP contribution in [0.15, 0.2) is 42.5 Å². The van der Waals surface area contributed by atoms with Gasteiger partial charge in [0.05, 0.1) is 0 Å². The molecule has 2 aromatic rings. The Morgan fingerprint density at radius 1 is 1.00 bits per heavy atom. The third-order valence-electron chi connectivity index (χ3n) is 2.65. The van der Waals surface area contributed by atoms with Gasteiger partial charge in [0.2, 0.25) is 0 Å². The summed E-state index contributed by atoms with van der Waals surface area (Å²) < 4.78 is 5.76. The molecule has 2 heteroatoms. The maximum atomic E-state index is 5.90. The van der Waals surface area contributed by atoms with Gasteiger partial charge < -0.3 is 4.74 Å². The van der Waals surface area contributed by atoms with Gasteiger partial charge in [0.15, 0.2) is 0 Å². The summed E-state index contributed by atoms with van der Waals surface area (Å²) in [6.07, 6.45) is 0. The second-order valence-corrected chi connectivity index (χ2v) is 4.62. The molecule has 0 unspecified atom stereocenters. The summed E-state index contributed by atoms with van der Waals surface area (Å²) in [5, 5.41) is 0.741. The number of benzene rings is 2. The van der Waals surface area contributed by atoms with E-state index in [0.29, 0.717) is 6.61 Å². The fourth-order valence-corrected chi connectivity index (χ4v) is 1.85. The summed E-state index contributed by atoms with van der Waals surface area (Å²) in [4.78, 5) is 0. The molecule has 17 heavy (non-hydrogen) atoms. The minimum atomic E-state index is 0.586. The van der Waals surface area contributed by atoms with Crippen LogP contribution in [-0.4, -0.2) is 0 Å². The number of rotatable bonds is 3. The van der Waals surface area contributed by atoms with Crippen molar-refractivity contribution in [3.63, 3.8) is 0 Å². The van der Waals surface area contributed by atoms with Gasteiger partial charge in [-0.1, -0.05) is 41.4 Å². The SMILES string of the molecule is Cc1ccc(COc2ccc(Cl)cc2C)cc1. The molecular weight excluding hydrogens is 232 g/mol. The lowest BCUT2D eigenvalue weighted by Crippen LogP contribution is -1.96. The molecule has 88 valence electrons. The van der Waals surface area contributed by atoms with Crippen LogP contribution in [0.25, 0.3) is 0 Å². The van der Waals surface area contributed by atoms with Crippen molar-refractivity contribution in [1.29, 1.82) is 0 Å². The Labute approximate surface area is 107 Å². The first-order valence-electron chi connectivity index (χ1n) is 5.59. The number of ether oxygens (including phenoxy) is 1. The van der Waals surface area contributed by atoms with Crippen molar-refractivity contribution in [2.45, 2.75) is 20.5 Å². The topological polar surface area (TPSA) is 9.23 Å². The molecule has 0 spiro atoms. The van der Waals surface area contributed by atoms with Crippen molar-refractivity contribution < 1.29 is 4.74 Å². The van der Waals surface area contributed by atoms with E-state index in [1.165, 1.54) is 11.1 Å². The summed E-state index contributed by atoms with van der Waals surface area (Å²) in [6.45, 7) is 4.66. The van der Waals surface area contributed by atoms with Crippen LogP contribution in [0.1, 0.15) is 16.7 Å².